The molecule has 2 aromatic carbocycles. The average Bonchev–Trinajstić information content (AvgIpc) is 2.68. The lowest BCUT2D eigenvalue weighted by Crippen LogP contribution is -2.32. The van der Waals surface area contributed by atoms with Crippen LogP contribution in [0.1, 0.15) is 29.2 Å². The van der Waals surface area contributed by atoms with E-state index in [1.807, 2.05) is 24.3 Å². The van der Waals surface area contributed by atoms with E-state index in [0.717, 1.165) is 5.56 Å². The van der Waals surface area contributed by atoms with Crippen LogP contribution < -0.4 is 10.3 Å². The van der Waals surface area contributed by atoms with Crippen molar-refractivity contribution >= 4 is 39.8 Å². The topological polar surface area (TPSA) is 63.8 Å². The molecule has 1 heterocycles. The molecular weight excluding hydrogens is 387 g/mol. The van der Waals surface area contributed by atoms with Gasteiger partial charge in [0.15, 0.2) is 5.43 Å². The monoisotopic (exact) mass is 402 g/mol. The van der Waals surface area contributed by atoms with Gasteiger partial charge in [-0.15, -0.1) is 0 Å². The van der Waals surface area contributed by atoms with Crippen LogP contribution in [0.15, 0.2) is 52.4 Å². The summed E-state index contributed by atoms with van der Waals surface area (Å²) in [7, 11) is 1.54. The quantitative estimate of drug-likeness (QED) is 0.513. The summed E-state index contributed by atoms with van der Waals surface area (Å²) >= 11 is 12.1. The lowest BCUT2D eigenvalue weighted by molar-refractivity contribution is 0.167. The summed E-state index contributed by atoms with van der Waals surface area (Å²) in [5.41, 5.74) is 2.86. The second-order valence-corrected chi connectivity index (χ2v) is 7.37. The van der Waals surface area contributed by atoms with E-state index in [-0.39, 0.29) is 11.3 Å². The molecule has 1 atom stereocenters. The van der Waals surface area contributed by atoms with E-state index in [4.69, 9.17) is 28.0 Å². The minimum atomic E-state index is -0.210. The first kappa shape index (κ1) is 17.9. The van der Waals surface area contributed by atoms with E-state index >= 15 is 0 Å². The number of hydrogen-bond acceptors (Lipinski definition) is 4. The van der Waals surface area contributed by atoms with Crippen LogP contribution in [0.25, 0.3) is 10.9 Å². The fourth-order valence-electron chi connectivity index (χ4n) is 3.77. The van der Waals surface area contributed by atoms with Crippen LogP contribution in [0.4, 0.5) is 0 Å². The molecule has 0 radical (unpaired) electrons. The maximum absolute atomic E-state index is 13.1. The molecule has 1 N–H and O–H groups in total. The molecular formula is C20H16Cl2N2O3. The summed E-state index contributed by atoms with van der Waals surface area (Å²) in [6.45, 7) is 0. The van der Waals surface area contributed by atoms with Crippen molar-refractivity contribution in [1.29, 1.82) is 0 Å². The van der Waals surface area contributed by atoms with Crippen molar-refractivity contribution in [2.24, 2.45) is 5.16 Å². The van der Waals surface area contributed by atoms with Crippen molar-refractivity contribution in [2.45, 2.75) is 18.8 Å². The Morgan fingerprint density at radius 2 is 1.81 bits per heavy atom. The van der Waals surface area contributed by atoms with Crippen LogP contribution in [0, 0.1) is 0 Å². The Labute approximate surface area is 165 Å². The molecule has 1 unspecified atom stereocenters. The van der Waals surface area contributed by atoms with Gasteiger partial charge in [-0.05, 0) is 48.2 Å². The number of aromatic nitrogens is 1. The molecule has 0 saturated carbocycles. The number of rotatable bonds is 2. The Morgan fingerprint density at radius 1 is 1.11 bits per heavy atom. The number of hydrogen-bond donors (Lipinski definition) is 1. The molecule has 5 nitrogen and oxygen atoms in total. The molecule has 138 valence electrons. The predicted octanol–water partition coefficient (Wildman–Crippen LogP) is 4.28. The molecule has 0 spiro atoms. The van der Waals surface area contributed by atoms with E-state index in [2.05, 4.69) is 5.16 Å². The van der Waals surface area contributed by atoms with Gasteiger partial charge in [-0.25, -0.2) is 0 Å². The van der Waals surface area contributed by atoms with Gasteiger partial charge < -0.3 is 10.0 Å². The second-order valence-electron chi connectivity index (χ2n) is 6.49. The molecule has 0 aliphatic heterocycles. The Hall–Kier alpha value is -2.50. The highest BCUT2D eigenvalue weighted by Crippen LogP contribution is 2.34. The summed E-state index contributed by atoms with van der Waals surface area (Å²) in [6.07, 6.45) is 1.01. The first-order valence-corrected chi connectivity index (χ1v) is 9.17. The van der Waals surface area contributed by atoms with Gasteiger partial charge in [-0.3, -0.25) is 4.79 Å². The zero-order valence-electron chi connectivity index (χ0n) is 14.4. The number of oxime groups is 1. The van der Waals surface area contributed by atoms with Gasteiger partial charge in [0.2, 0.25) is 0 Å². The van der Waals surface area contributed by atoms with Crippen LogP contribution in [0.5, 0.6) is 0 Å². The largest absolute Gasteiger partial charge is 0.417 e. The predicted molar refractivity (Wildman–Crippen MR) is 107 cm³/mol. The van der Waals surface area contributed by atoms with E-state index < -0.39 is 0 Å². The number of benzene rings is 2. The summed E-state index contributed by atoms with van der Waals surface area (Å²) in [6, 6.07) is 12.6. The smallest absolute Gasteiger partial charge is 0.199 e. The SMILES string of the molecule is COn1c2c(c(=O)c3cc(Cl)ccc31)/C(=N\O)CC(c1ccc(Cl)cc1)C2. The van der Waals surface area contributed by atoms with Gasteiger partial charge in [-0.1, -0.05) is 40.5 Å². The molecule has 3 aromatic rings. The lowest BCUT2D eigenvalue weighted by atomic mass is 9.80. The summed E-state index contributed by atoms with van der Waals surface area (Å²) in [5, 5.41) is 14.6. The van der Waals surface area contributed by atoms with E-state index in [1.165, 1.54) is 0 Å². The highest BCUT2D eigenvalue weighted by Gasteiger charge is 2.31. The maximum atomic E-state index is 13.1. The Balaban J connectivity index is 1.97. The molecule has 1 aliphatic carbocycles. The number of nitrogens with zero attached hydrogens (tertiary/aromatic N) is 2. The zero-order valence-corrected chi connectivity index (χ0v) is 16.0. The molecule has 0 bridgehead atoms. The van der Waals surface area contributed by atoms with E-state index in [0.29, 0.717) is 50.8 Å². The molecule has 0 amide bonds. The minimum absolute atomic E-state index is 0.0335. The van der Waals surface area contributed by atoms with Gasteiger partial charge in [-0.2, -0.15) is 4.73 Å². The lowest BCUT2D eigenvalue weighted by Gasteiger charge is -2.28. The zero-order chi connectivity index (χ0) is 19.1. The number of pyridine rings is 1. The van der Waals surface area contributed by atoms with Crippen LogP contribution in [0.3, 0.4) is 0 Å². The third-order valence-corrected chi connectivity index (χ3v) is 5.48. The summed E-state index contributed by atoms with van der Waals surface area (Å²) in [4.78, 5) is 18.7. The first-order chi connectivity index (χ1) is 13.0. The maximum Gasteiger partial charge on any atom is 0.199 e. The molecule has 0 fully saturated rings. The van der Waals surface area contributed by atoms with Crippen molar-refractivity contribution in [3.8, 4) is 0 Å². The Morgan fingerprint density at radius 3 is 2.48 bits per heavy atom. The van der Waals surface area contributed by atoms with Crippen LogP contribution in [0.2, 0.25) is 10.0 Å². The Kier molecular flexibility index (Phi) is 4.58. The molecule has 7 heteroatoms. The van der Waals surface area contributed by atoms with Gasteiger partial charge in [0.25, 0.3) is 0 Å². The van der Waals surface area contributed by atoms with Gasteiger partial charge >= 0.3 is 0 Å². The number of halogens is 2. The average molecular weight is 403 g/mol. The van der Waals surface area contributed by atoms with Gasteiger partial charge in [0.05, 0.1) is 27.9 Å². The van der Waals surface area contributed by atoms with Crippen LogP contribution in [-0.2, 0) is 6.42 Å². The molecule has 0 saturated heterocycles. The van der Waals surface area contributed by atoms with Crippen molar-refractivity contribution in [3.05, 3.63) is 79.6 Å². The second kappa shape index (κ2) is 6.91. The first-order valence-electron chi connectivity index (χ1n) is 8.42. The van der Waals surface area contributed by atoms with Crippen molar-refractivity contribution in [1.82, 2.24) is 4.73 Å². The van der Waals surface area contributed by atoms with Crippen molar-refractivity contribution in [3.63, 3.8) is 0 Å². The Bertz CT molecular complexity index is 1120. The van der Waals surface area contributed by atoms with Crippen molar-refractivity contribution in [2.75, 3.05) is 7.11 Å². The summed E-state index contributed by atoms with van der Waals surface area (Å²) < 4.78 is 1.62. The molecule has 4 rings (SSSR count). The third kappa shape index (κ3) is 2.97. The minimum Gasteiger partial charge on any atom is -0.417 e. The standard InChI is InChI=1S/C20H16Cl2N2O3/c1-27-24-17-7-6-14(22)10-15(17)20(25)19-16(23-26)8-12(9-18(19)24)11-2-4-13(21)5-3-11/h2-7,10,12,26H,8-9H2,1H3/b23-16-. The fourth-order valence-corrected chi connectivity index (χ4v) is 4.07. The highest BCUT2D eigenvalue weighted by atomic mass is 35.5. The van der Waals surface area contributed by atoms with Crippen molar-refractivity contribution < 1.29 is 10.0 Å². The summed E-state index contributed by atoms with van der Waals surface area (Å²) in [5.74, 6) is 0.0335. The highest BCUT2D eigenvalue weighted by molar-refractivity contribution is 6.31. The van der Waals surface area contributed by atoms with Crippen LogP contribution in [-0.4, -0.2) is 22.8 Å². The number of fused-ring (bicyclic) bond motifs is 2. The van der Waals surface area contributed by atoms with Gasteiger partial charge in [0.1, 0.15) is 7.11 Å². The fraction of sp³-hybridized carbons (Fsp3) is 0.200. The van der Waals surface area contributed by atoms with E-state index in [9.17, 15) is 10.0 Å². The molecule has 27 heavy (non-hydrogen) atoms. The third-order valence-electron chi connectivity index (χ3n) is 5.00. The molecule has 1 aromatic heterocycles. The van der Waals surface area contributed by atoms with E-state index in [1.54, 1.807) is 30.0 Å². The normalized spacial score (nSPS) is 17.9. The molecule has 1 aliphatic rings. The van der Waals surface area contributed by atoms with Crippen LogP contribution >= 0.6 is 23.2 Å². The van der Waals surface area contributed by atoms with Gasteiger partial charge in [0, 0.05) is 16.5 Å².